The smallest absolute Gasteiger partial charge is 0.194 e. The molecule has 0 aromatic carbocycles. The minimum atomic E-state index is 0.191. The molecule has 3 N–H and O–H groups in total. The number of nitrogens with zero attached hydrogens (tertiary/aromatic N) is 3. The maximum Gasteiger partial charge on any atom is 0.194 e. The van der Waals surface area contributed by atoms with Crippen LogP contribution in [0.15, 0.2) is 17.3 Å². The Bertz CT molecular complexity index is 313. The van der Waals surface area contributed by atoms with Gasteiger partial charge in [0.25, 0.3) is 0 Å². The summed E-state index contributed by atoms with van der Waals surface area (Å²) in [5.41, 5.74) is 5.65. The molecule has 1 heterocycles. The van der Waals surface area contributed by atoms with Crippen molar-refractivity contribution < 1.29 is 0 Å². The highest BCUT2D eigenvalue weighted by atomic mass is 15.3. The van der Waals surface area contributed by atoms with Crippen LogP contribution >= 0.6 is 0 Å². The first-order chi connectivity index (χ1) is 6.61. The summed E-state index contributed by atoms with van der Waals surface area (Å²) in [6.07, 6.45) is 1.89. The number of rotatable bonds is 3. The van der Waals surface area contributed by atoms with E-state index in [-0.39, 0.29) is 6.04 Å². The molecular formula is C9H17N5. The molecule has 0 bridgehead atoms. The molecule has 0 aliphatic heterocycles. The van der Waals surface area contributed by atoms with E-state index in [1.807, 2.05) is 37.7 Å². The molecule has 0 amide bonds. The summed E-state index contributed by atoms with van der Waals surface area (Å²) >= 11 is 0. The summed E-state index contributed by atoms with van der Waals surface area (Å²) in [6.45, 7) is 6.82. The Morgan fingerprint density at radius 2 is 2.43 bits per heavy atom. The topological polar surface area (TPSA) is 68.2 Å². The maximum absolute atomic E-state index is 5.65. The Hall–Kier alpha value is -1.52. The van der Waals surface area contributed by atoms with Crippen molar-refractivity contribution in [1.29, 1.82) is 0 Å². The standard InChI is InChI=1S/C9H17N5/c1-4-14-6-5-8(13-14)12-9(10)11-7(2)3/h5-7H,4H2,1-3H3,(H3,10,11,12,13). The van der Waals surface area contributed by atoms with E-state index < -0.39 is 0 Å². The van der Waals surface area contributed by atoms with Crippen molar-refractivity contribution in [1.82, 2.24) is 9.78 Å². The number of hydrogen-bond donors (Lipinski definition) is 2. The van der Waals surface area contributed by atoms with Crippen LogP contribution in [0.1, 0.15) is 20.8 Å². The van der Waals surface area contributed by atoms with Gasteiger partial charge >= 0.3 is 0 Å². The van der Waals surface area contributed by atoms with Crippen molar-refractivity contribution in [3.05, 3.63) is 12.3 Å². The van der Waals surface area contributed by atoms with Gasteiger partial charge in [0.05, 0.1) is 0 Å². The van der Waals surface area contributed by atoms with E-state index in [4.69, 9.17) is 5.73 Å². The number of hydrogen-bond acceptors (Lipinski definition) is 2. The third kappa shape index (κ3) is 3.08. The highest BCUT2D eigenvalue weighted by molar-refractivity contribution is 5.91. The number of anilines is 1. The molecule has 0 aliphatic carbocycles. The molecule has 0 fully saturated rings. The van der Waals surface area contributed by atoms with Crippen LogP contribution in [0.4, 0.5) is 5.82 Å². The van der Waals surface area contributed by atoms with Crippen LogP contribution in [0, 0.1) is 0 Å². The number of aryl methyl sites for hydroxylation is 1. The van der Waals surface area contributed by atoms with Gasteiger partial charge in [0.15, 0.2) is 11.8 Å². The number of nitrogens with one attached hydrogen (secondary N) is 1. The Kier molecular flexibility index (Phi) is 3.50. The summed E-state index contributed by atoms with van der Waals surface area (Å²) in [6, 6.07) is 2.06. The van der Waals surface area contributed by atoms with E-state index in [9.17, 15) is 0 Å². The molecule has 14 heavy (non-hydrogen) atoms. The van der Waals surface area contributed by atoms with Crippen molar-refractivity contribution in [2.45, 2.75) is 33.4 Å². The van der Waals surface area contributed by atoms with E-state index in [0.29, 0.717) is 5.96 Å². The molecule has 1 aromatic heterocycles. The van der Waals surface area contributed by atoms with Crippen molar-refractivity contribution in [3.8, 4) is 0 Å². The Morgan fingerprint density at radius 1 is 1.71 bits per heavy atom. The van der Waals surface area contributed by atoms with E-state index in [2.05, 4.69) is 15.4 Å². The van der Waals surface area contributed by atoms with Crippen LogP contribution in [0.3, 0.4) is 0 Å². The summed E-state index contributed by atoms with van der Waals surface area (Å²) in [5.74, 6) is 1.13. The fraction of sp³-hybridized carbons (Fsp3) is 0.556. The highest BCUT2D eigenvalue weighted by Crippen LogP contribution is 2.01. The van der Waals surface area contributed by atoms with Gasteiger partial charge in [-0.2, -0.15) is 5.10 Å². The molecule has 5 nitrogen and oxygen atoms in total. The first-order valence-electron chi connectivity index (χ1n) is 4.75. The Labute approximate surface area is 84.0 Å². The SMILES string of the molecule is CCn1ccc(NC(N)=NC(C)C)n1. The van der Waals surface area contributed by atoms with Gasteiger partial charge in [-0.05, 0) is 20.8 Å². The van der Waals surface area contributed by atoms with E-state index in [1.165, 1.54) is 0 Å². The monoisotopic (exact) mass is 195 g/mol. The number of nitrogens with two attached hydrogens (primary N) is 1. The van der Waals surface area contributed by atoms with Crippen LogP contribution in [0.2, 0.25) is 0 Å². The fourth-order valence-electron chi connectivity index (χ4n) is 1.05. The second kappa shape index (κ2) is 4.64. The lowest BCUT2D eigenvalue weighted by Gasteiger charge is -2.03. The number of guanidine groups is 1. The minimum absolute atomic E-state index is 0.191. The lowest BCUT2D eigenvalue weighted by molar-refractivity contribution is 0.662. The second-order valence-corrected chi connectivity index (χ2v) is 3.29. The highest BCUT2D eigenvalue weighted by Gasteiger charge is 1.99. The van der Waals surface area contributed by atoms with Crippen LogP contribution in [-0.4, -0.2) is 21.8 Å². The summed E-state index contributed by atoms with van der Waals surface area (Å²) in [5, 5.41) is 7.14. The van der Waals surface area contributed by atoms with Gasteiger partial charge in [0, 0.05) is 24.8 Å². The number of aliphatic imine (C=N–C) groups is 1. The molecule has 0 spiro atoms. The molecule has 78 valence electrons. The Balaban J connectivity index is 2.60. The van der Waals surface area contributed by atoms with E-state index in [0.717, 1.165) is 12.4 Å². The maximum atomic E-state index is 5.65. The first-order valence-corrected chi connectivity index (χ1v) is 4.75. The predicted molar refractivity (Wildman–Crippen MR) is 58.3 cm³/mol. The molecule has 0 saturated carbocycles. The van der Waals surface area contributed by atoms with E-state index >= 15 is 0 Å². The van der Waals surface area contributed by atoms with Crippen molar-refractivity contribution >= 4 is 11.8 Å². The molecule has 0 saturated heterocycles. The zero-order valence-electron chi connectivity index (χ0n) is 8.86. The van der Waals surface area contributed by atoms with Gasteiger partial charge in [0.2, 0.25) is 0 Å². The van der Waals surface area contributed by atoms with Gasteiger partial charge in [-0.1, -0.05) is 0 Å². The minimum Gasteiger partial charge on any atom is -0.370 e. The fourth-order valence-corrected chi connectivity index (χ4v) is 1.05. The lowest BCUT2D eigenvalue weighted by atomic mass is 10.4. The van der Waals surface area contributed by atoms with Crippen molar-refractivity contribution in [2.24, 2.45) is 10.7 Å². The Morgan fingerprint density at radius 3 is 2.93 bits per heavy atom. The summed E-state index contributed by atoms with van der Waals surface area (Å²) in [4.78, 5) is 4.14. The van der Waals surface area contributed by atoms with E-state index in [1.54, 1.807) is 0 Å². The summed E-state index contributed by atoms with van der Waals surface area (Å²) in [7, 11) is 0. The van der Waals surface area contributed by atoms with Crippen LogP contribution in [0.5, 0.6) is 0 Å². The van der Waals surface area contributed by atoms with Crippen LogP contribution in [0.25, 0.3) is 0 Å². The number of aromatic nitrogens is 2. The zero-order valence-corrected chi connectivity index (χ0v) is 8.86. The van der Waals surface area contributed by atoms with Gasteiger partial charge in [0.1, 0.15) is 0 Å². The average molecular weight is 195 g/mol. The average Bonchev–Trinajstić information content (AvgIpc) is 2.50. The third-order valence-corrected chi connectivity index (χ3v) is 1.62. The van der Waals surface area contributed by atoms with Crippen LogP contribution in [-0.2, 0) is 6.54 Å². The van der Waals surface area contributed by atoms with Gasteiger partial charge in [-0.15, -0.1) is 0 Å². The second-order valence-electron chi connectivity index (χ2n) is 3.29. The van der Waals surface area contributed by atoms with Gasteiger partial charge < -0.3 is 11.1 Å². The molecule has 0 aliphatic rings. The van der Waals surface area contributed by atoms with Gasteiger partial charge in [-0.25, -0.2) is 0 Å². The molecule has 0 unspecified atom stereocenters. The predicted octanol–water partition coefficient (Wildman–Crippen LogP) is 1.04. The molecule has 5 heteroatoms. The van der Waals surface area contributed by atoms with Crippen LogP contribution < -0.4 is 11.1 Å². The molecule has 0 atom stereocenters. The van der Waals surface area contributed by atoms with Crippen molar-refractivity contribution in [3.63, 3.8) is 0 Å². The first kappa shape index (κ1) is 10.6. The third-order valence-electron chi connectivity index (χ3n) is 1.62. The normalized spacial score (nSPS) is 12.1. The van der Waals surface area contributed by atoms with Gasteiger partial charge in [-0.3, -0.25) is 9.67 Å². The quantitative estimate of drug-likeness (QED) is 0.559. The molecular weight excluding hydrogens is 178 g/mol. The summed E-state index contributed by atoms with van der Waals surface area (Å²) < 4.78 is 1.82. The zero-order chi connectivity index (χ0) is 10.6. The lowest BCUT2D eigenvalue weighted by Crippen LogP contribution is -2.24. The molecule has 1 rings (SSSR count). The molecule has 0 radical (unpaired) electrons. The van der Waals surface area contributed by atoms with Crippen molar-refractivity contribution in [2.75, 3.05) is 5.32 Å². The largest absolute Gasteiger partial charge is 0.370 e. The molecule has 1 aromatic rings.